The maximum atomic E-state index is 11.2. The van der Waals surface area contributed by atoms with Crippen LogP contribution < -0.4 is 0 Å². The fourth-order valence-corrected chi connectivity index (χ4v) is 1.28. The summed E-state index contributed by atoms with van der Waals surface area (Å²) < 4.78 is 4.78. The Bertz CT molecular complexity index is 413. The van der Waals surface area contributed by atoms with Gasteiger partial charge in [-0.25, -0.2) is 4.79 Å². The van der Waals surface area contributed by atoms with E-state index in [9.17, 15) is 4.79 Å². The average Bonchev–Trinajstić information content (AvgIpc) is 2.29. The van der Waals surface area contributed by atoms with Gasteiger partial charge in [0.2, 0.25) is 0 Å². The number of esters is 1. The summed E-state index contributed by atoms with van der Waals surface area (Å²) in [5.74, 6) is -0.447. The van der Waals surface area contributed by atoms with E-state index in [4.69, 9.17) is 9.57 Å². The second kappa shape index (κ2) is 6.68. The van der Waals surface area contributed by atoms with Gasteiger partial charge in [0.05, 0.1) is 6.61 Å². The lowest BCUT2D eigenvalue weighted by atomic mass is 10.1. The predicted molar refractivity (Wildman–Crippen MR) is 65.7 cm³/mol. The van der Waals surface area contributed by atoms with Crippen molar-refractivity contribution in [3.8, 4) is 0 Å². The smallest absolute Gasteiger partial charge is 0.355 e. The van der Waals surface area contributed by atoms with Crippen LogP contribution in [0.15, 0.2) is 29.4 Å². The quantitative estimate of drug-likeness (QED) is 0.447. The number of ether oxygens (including phenoxy) is 1. The first-order valence-corrected chi connectivity index (χ1v) is 5.52. The summed E-state index contributed by atoms with van der Waals surface area (Å²) in [5.41, 5.74) is 2.40. The van der Waals surface area contributed by atoms with Crippen molar-refractivity contribution in [1.29, 1.82) is 0 Å². The minimum absolute atomic E-state index is 0.222. The van der Waals surface area contributed by atoms with Crippen LogP contribution in [0.1, 0.15) is 25.0 Å². The zero-order valence-corrected chi connectivity index (χ0v) is 10.4. The highest BCUT2D eigenvalue weighted by molar-refractivity contribution is 6.35. The molecule has 0 aliphatic carbocycles. The summed E-state index contributed by atoms with van der Waals surface area (Å²) in [5, 5.41) is 3.71. The number of hydrogen-bond donors (Lipinski definition) is 0. The fraction of sp³-hybridized carbons (Fsp3) is 0.385. The molecule has 4 nitrogen and oxygen atoms in total. The van der Waals surface area contributed by atoms with Crippen LogP contribution >= 0.6 is 0 Å². The van der Waals surface area contributed by atoms with Gasteiger partial charge in [0.1, 0.15) is 6.61 Å². The highest BCUT2D eigenvalue weighted by Crippen LogP contribution is 2.05. The summed E-state index contributed by atoms with van der Waals surface area (Å²) in [6, 6.07) is 7.92. The standard InChI is InChI=1S/C13H17NO3/c1-4-16-13(15)11(3)14-17-9-12-7-5-6-10(2)8-12/h5-8H,4,9H2,1-3H3/b14-11-. The van der Waals surface area contributed by atoms with Gasteiger partial charge in [-0.3, -0.25) is 0 Å². The van der Waals surface area contributed by atoms with E-state index in [-0.39, 0.29) is 5.71 Å². The molecule has 0 amide bonds. The van der Waals surface area contributed by atoms with Crippen LogP contribution in [0.5, 0.6) is 0 Å². The molecule has 0 bridgehead atoms. The van der Waals surface area contributed by atoms with Crippen LogP contribution in [-0.2, 0) is 21.0 Å². The van der Waals surface area contributed by atoms with E-state index in [1.165, 1.54) is 0 Å². The van der Waals surface area contributed by atoms with E-state index < -0.39 is 5.97 Å². The highest BCUT2D eigenvalue weighted by Gasteiger charge is 2.06. The first-order chi connectivity index (χ1) is 8.13. The Hall–Kier alpha value is -1.84. The van der Waals surface area contributed by atoms with Gasteiger partial charge in [0, 0.05) is 0 Å². The van der Waals surface area contributed by atoms with Gasteiger partial charge in [-0.2, -0.15) is 0 Å². The van der Waals surface area contributed by atoms with Gasteiger partial charge in [-0.05, 0) is 26.3 Å². The zero-order valence-electron chi connectivity index (χ0n) is 10.4. The summed E-state index contributed by atoms with van der Waals surface area (Å²) in [4.78, 5) is 16.3. The number of benzene rings is 1. The molecule has 0 saturated carbocycles. The van der Waals surface area contributed by atoms with Crippen molar-refractivity contribution in [2.75, 3.05) is 6.61 Å². The molecule has 0 unspecified atom stereocenters. The van der Waals surface area contributed by atoms with Crippen molar-refractivity contribution in [3.05, 3.63) is 35.4 Å². The van der Waals surface area contributed by atoms with Gasteiger partial charge >= 0.3 is 5.97 Å². The van der Waals surface area contributed by atoms with E-state index in [1.54, 1.807) is 13.8 Å². The van der Waals surface area contributed by atoms with E-state index in [2.05, 4.69) is 5.16 Å². The Morgan fingerprint density at radius 1 is 1.41 bits per heavy atom. The lowest BCUT2D eigenvalue weighted by molar-refractivity contribution is -0.135. The Morgan fingerprint density at radius 2 is 2.18 bits per heavy atom. The van der Waals surface area contributed by atoms with Crippen molar-refractivity contribution in [3.63, 3.8) is 0 Å². The molecule has 0 N–H and O–H groups in total. The van der Waals surface area contributed by atoms with Crippen LogP contribution in [0.4, 0.5) is 0 Å². The van der Waals surface area contributed by atoms with Gasteiger partial charge < -0.3 is 9.57 Å². The summed E-state index contributed by atoms with van der Waals surface area (Å²) >= 11 is 0. The molecule has 1 rings (SSSR count). The normalized spacial score (nSPS) is 11.1. The summed E-state index contributed by atoms with van der Waals surface area (Å²) in [6.45, 7) is 6.01. The van der Waals surface area contributed by atoms with Crippen LogP contribution in [0, 0.1) is 6.92 Å². The third kappa shape index (κ3) is 4.68. The largest absolute Gasteiger partial charge is 0.461 e. The van der Waals surface area contributed by atoms with E-state index in [0.717, 1.165) is 11.1 Å². The zero-order chi connectivity index (χ0) is 12.7. The van der Waals surface area contributed by atoms with Crippen LogP contribution in [0.3, 0.4) is 0 Å². The number of rotatable bonds is 5. The van der Waals surface area contributed by atoms with Crippen LogP contribution in [0.2, 0.25) is 0 Å². The molecule has 0 aromatic heterocycles. The van der Waals surface area contributed by atoms with Crippen LogP contribution in [0.25, 0.3) is 0 Å². The number of hydrogen-bond acceptors (Lipinski definition) is 4. The van der Waals surface area contributed by atoms with Crippen molar-refractivity contribution in [2.24, 2.45) is 5.16 Å². The molecule has 17 heavy (non-hydrogen) atoms. The lowest BCUT2D eigenvalue weighted by Gasteiger charge is -2.03. The third-order valence-electron chi connectivity index (χ3n) is 2.09. The maximum absolute atomic E-state index is 11.2. The van der Waals surface area contributed by atoms with Gasteiger partial charge in [0.15, 0.2) is 5.71 Å². The van der Waals surface area contributed by atoms with Gasteiger partial charge in [0.25, 0.3) is 0 Å². The molecule has 0 heterocycles. The van der Waals surface area contributed by atoms with Gasteiger partial charge in [-0.15, -0.1) is 0 Å². The predicted octanol–water partition coefficient (Wildman–Crippen LogP) is 2.45. The Balaban J connectivity index is 2.46. The summed E-state index contributed by atoms with van der Waals surface area (Å²) in [7, 11) is 0. The highest BCUT2D eigenvalue weighted by atomic mass is 16.6. The second-order valence-electron chi connectivity index (χ2n) is 3.66. The minimum Gasteiger partial charge on any atom is -0.461 e. The Labute approximate surface area is 101 Å². The molecule has 0 saturated heterocycles. The third-order valence-corrected chi connectivity index (χ3v) is 2.09. The van der Waals surface area contributed by atoms with Crippen molar-refractivity contribution >= 4 is 11.7 Å². The summed E-state index contributed by atoms with van der Waals surface area (Å²) in [6.07, 6.45) is 0. The molecule has 0 radical (unpaired) electrons. The van der Waals surface area contributed by atoms with Crippen molar-refractivity contribution < 1.29 is 14.4 Å². The molecular formula is C13H17NO3. The van der Waals surface area contributed by atoms with E-state index in [0.29, 0.717) is 13.2 Å². The molecule has 0 spiro atoms. The first kappa shape index (κ1) is 13.2. The molecule has 0 aliphatic heterocycles. The van der Waals surface area contributed by atoms with Crippen LogP contribution in [-0.4, -0.2) is 18.3 Å². The first-order valence-electron chi connectivity index (χ1n) is 5.52. The number of carbonyl (C=O) groups excluding carboxylic acids is 1. The second-order valence-corrected chi connectivity index (χ2v) is 3.66. The monoisotopic (exact) mass is 235 g/mol. The fourth-order valence-electron chi connectivity index (χ4n) is 1.28. The average molecular weight is 235 g/mol. The Morgan fingerprint density at radius 3 is 2.82 bits per heavy atom. The topological polar surface area (TPSA) is 47.9 Å². The molecule has 1 aromatic carbocycles. The van der Waals surface area contributed by atoms with Gasteiger partial charge in [-0.1, -0.05) is 35.0 Å². The number of nitrogens with zero attached hydrogens (tertiary/aromatic N) is 1. The maximum Gasteiger partial charge on any atom is 0.355 e. The number of aryl methyl sites for hydroxylation is 1. The molecule has 4 heteroatoms. The minimum atomic E-state index is -0.447. The molecule has 0 atom stereocenters. The number of carbonyl (C=O) groups is 1. The van der Waals surface area contributed by atoms with Crippen molar-refractivity contribution in [1.82, 2.24) is 0 Å². The number of oxime groups is 1. The molecule has 1 aromatic rings. The molecular weight excluding hydrogens is 218 g/mol. The SMILES string of the molecule is CCOC(=O)/C(C)=N\OCc1cccc(C)c1. The Kier molecular flexibility index (Phi) is 5.20. The molecule has 0 fully saturated rings. The van der Waals surface area contributed by atoms with E-state index in [1.807, 2.05) is 31.2 Å². The van der Waals surface area contributed by atoms with Crippen molar-refractivity contribution in [2.45, 2.75) is 27.4 Å². The lowest BCUT2D eigenvalue weighted by Crippen LogP contribution is -2.14. The molecule has 92 valence electrons. The molecule has 0 aliphatic rings. The van der Waals surface area contributed by atoms with E-state index >= 15 is 0 Å².